The van der Waals surface area contributed by atoms with E-state index in [0.717, 1.165) is 23.9 Å². The summed E-state index contributed by atoms with van der Waals surface area (Å²) in [7, 11) is 0. The molecule has 112 valence electrons. The Morgan fingerprint density at radius 2 is 2.00 bits per heavy atom. The third kappa shape index (κ3) is 3.70. The van der Waals surface area contributed by atoms with Crippen LogP contribution in [0.5, 0.6) is 5.75 Å². The van der Waals surface area contributed by atoms with E-state index in [-0.39, 0.29) is 12.4 Å². The first-order valence-electron chi connectivity index (χ1n) is 7.59. The molecule has 1 aliphatic carbocycles. The first-order valence-corrected chi connectivity index (χ1v) is 7.59. The van der Waals surface area contributed by atoms with E-state index >= 15 is 0 Å². The summed E-state index contributed by atoms with van der Waals surface area (Å²) in [6, 6.07) is 0. The van der Waals surface area contributed by atoms with Gasteiger partial charge in [0.05, 0.1) is 12.3 Å². The van der Waals surface area contributed by atoms with Gasteiger partial charge in [0, 0.05) is 23.9 Å². The van der Waals surface area contributed by atoms with Crippen LogP contribution in [-0.2, 0) is 13.2 Å². The SMILES string of the molecule is Cc1ncc(CO)c(CNCC2CCC(C)CC2)c1O. The van der Waals surface area contributed by atoms with Crippen LogP contribution in [0, 0.1) is 18.8 Å². The van der Waals surface area contributed by atoms with Crippen molar-refractivity contribution < 1.29 is 10.2 Å². The number of hydrogen-bond acceptors (Lipinski definition) is 4. The molecular formula is C16H26N2O2. The fourth-order valence-electron chi connectivity index (χ4n) is 2.95. The Hall–Kier alpha value is -1.13. The highest BCUT2D eigenvalue weighted by molar-refractivity contribution is 5.40. The molecule has 1 saturated carbocycles. The molecule has 3 N–H and O–H groups in total. The molecule has 20 heavy (non-hydrogen) atoms. The minimum Gasteiger partial charge on any atom is -0.506 e. The molecule has 4 heteroatoms. The number of aliphatic hydroxyl groups excluding tert-OH is 1. The Labute approximate surface area is 121 Å². The van der Waals surface area contributed by atoms with E-state index in [0.29, 0.717) is 17.8 Å². The highest BCUT2D eigenvalue weighted by Gasteiger charge is 2.18. The zero-order valence-corrected chi connectivity index (χ0v) is 12.5. The highest BCUT2D eigenvalue weighted by Crippen LogP contribution is 2.28. The largest absolute Gasteiger partial charge is 0.506 e. The maximum Gasteiger partial charge on any atom is 0.141 e. The molecule has 1 fully saturated rings. The summed E-state index contributed by atoms with van der Waals surface area (Å²) >= 11 is 0. The fourth-order valence-corrected chi connectivity index (χ4v) is 2.95. The molecule has 1 aliphatic rings. The Balaban J connectivity index is 1.89. The van der Waals surface area contributed by atoms with Gasteiger partial charge in [-0.3, -0.25) is 4.98 Å². The Morgan fingerprint density at radius 1 is 1.30 bits per heavy atom. The second kappa shape index (κ2) is 7.04. The average Bonchev–Trinajstić information content (AvgIpc) is 2.46. The molecule has 1 aromatic heterocycles. The fraction of sp³-hybridized carbons (Fsp3) is 0.688. The lowest BCUT2D eigenvalue weighted by molar-refractivity contribution is 0.274. The standard InChI is InChI=1S/C16H26N2O2/c1-11-3-5-13(6-4-11)7-17-9-15-14(10-19)8-18-12(2)16(15)20/h8,11,13,17,19-20H,3-7,9-10H2,1-2H3. The zero-order chi connectivity index (χ0) is 14.5. The molecule has 0 amide bonds. The van der Waals surface area contributed by atoms with Crippen LogP contribution in [0.15, 0.2) is 6.20 Å². The van der Waals surface area contributed by atoms with E-state index in [1.165, 1.54) is 25.7 Å². The number of rotatable bonds is 5. The normalized spacial score (nSPS) is 22.9. The van der Waals surface area contributed by atoms with Crippen LogP contribution < -0.4 is 5.32 Å². The quantitative estimate of drug-likeness (QED) is 0.774. The van der Waals surface area contributed by atoms with Gasteiger partial charge in [0.25, 0.3) is 0 Å². The van der Waals surface area contributed by atoms with Gasteiger partial charge in [-0.1, -0.05) is 19.8 Å². The van der Waals surface area contributed by atoms with Gasteiger partial charge < -0.3 is 15.5 Å². The molecule has 4 nitrogen and oxygen atoms in total. The van der Waals surface area contributed by atoms with Gasteiger partial charge in [0.1, 0.15) is 5.75 Å². The van der Waals surface area contributed by atoms with Crippen molar-refractivity contribution in [1.82, 2.24) is 10.3 Å². The molecule has 2 rings (SSSR count). The first kappa shape index (κ1) is 15.3. The van der Waals surface area contributed by atoms with Crippen LogP contribution in [0.1, 0.15) is 49.4 Å². The third-order valence-electron chi connectivity index (χ3n) is 4.47. The lowest BCUT2D eigenvalue weighted by atomic mass is 9.83. The number of aromatic nitrogens is 1. The summed E-state index contributed by atoms with van der Waals surface area (Å²) in [5.41, 5.74) is 2.10. The number of aliphatic hydroxyl groups is 1. The van der Waals surface area contributed by atoms with Crippen LogP contribution in [0.25, 0.3) is 0 Å². The van der Waals surface area contributed by atoms with Crippen molar-refractivity contribution in [3.05, 3.63) is 23.0 Å². The van der Waals surface area contributed by atoms with Crippen molar-refractivity contribution in [3.8, 4) is 5.75 Å². The topological polar surface area (TPSA) is 65.4 Å². The van der Waals surface area contributed by atoms with E-state index in [1.54, 1.807) is 13.1 Å². The van der Waals surface area contributed by atoms with Gasteiger partial charge in [0.2, 0.25) is 0 Å². The van der Waals surface area contributed by atoms with Crippen LogP contribution in [-0.4, -0.2) is 21.7 Å². The maximum atomic E-state index is 10.1. The second-order valence-electron chi connectivity index (χ2n) is 6.11. The number of aryl methyl sites for hydroxylation is 1. The minimum atomic E-state index is -0.0845. The van der Waals surface area contributed by atoms with E-state index in [9.17, 15) is 10.2 Å². The summed E-state index contributed by atoms with van der Waals surface area (Å²) in [6.45, 7) is 5.60. The summed E-state index contributed by atoms with van der Waals surface area (Å²) in [4.78, 5) is 4.08. The second-order valence-corrected chi connectivity index (χ2v) is 6.11. The van der Waals surface area contributed by atoms with Crippen LogP contribution >= 0.6 is 0 Å². The van der Waals surface area contributed by atoms with Crippen molar-refractivity contribution in [2.45, 2.75) is 52.7 Å². The van der Waals surface area contributed by atoms with E-state index in [4.69, 9.17) is 0 Å². The molecule has 1 aromatic rings. The lowest BCUT2D eigenvalue weighted by Crippen LogP contribution is -2.26. The van der Waals surface area contributed by atoms with Crippen LogP contribution in [0.4, 0.5) is 0 Å². The molecule has 1 heterocycles. The van der Waals surface area contributed by atoms with Gasteiger partial charge in [-0.05, 0) is 38.1 Å². The molecule has 0 saturated heterocycles. The van der Waals surface area contributed by atoms with E-state index in [2.05, 4.69) is 17.2 Å². The Kier molecular flexibility index (Phi) is 5.38. The smallest absolute Gasteiger partial charge is 0.141 e. The molecule has 0 atom stereocenters. The summed E-state index contributed by atoms with van der Waals surface area (Å²) in [5, 5.41) is 22.8. The minimum absolute atomic E-state index is 0.0845. The molecule has 0 aromatic carbocycles. The van der Waals surface area contributed by atoms with Gasteiger partial charge >= 0.3 is 0 Å². The predicted octanol–water partition coefficient (Wildman–Crippen LogP) is 2.50. The molecular weight excluding hydrogens is 252 g/mol. The summed E-state index contributed by atoms with van der Waals surface area (Å²) in [5.74, 6) is 1.83. The van der Waals surface area contributed by atoms with Gasteiger partial charge in [0.15, 0.2) is 0 Å². The van der Waals surface area contributed by atoms with Crippen molar-refractivity contribution in [3.63, 3.8) is 0 Å². The predicted molar refractivity (Wildman–Crippen MR) is 79.4 cm³/mol. The van der Waals surface area contributed by atoms with Gasteiger partial charge in [-0.15, -0.1) is 0 Å². The molecule has 0 bridgehead atoms. The highest BCUT2D eigenvalue weighted by atomic mass is 16.3. The van der Waals surface area contributed by atoms with E-state index < -0.39 is 0 Å². The lowest BCUT2D eigenvalue weighted by Gasteiger charge is -2.26. The first-order chi connectivity index (χ1) is 9.61. The van der Waals surface area contributed by atoms with Crippen molar-refractivity contribution in [2.24, 2.45) is 11.8 Å². The van der Waals surface area contributed by atoms with Crippen molar-refractivity contribution >= 4 is 0 Å². The van der Waals surface area contributed by atoms with Crippen LogP contribution in [0.2, 0.25) is 0 Å². The number of nitrogens with zero attached hydrogens (tertiary/aromatic N) is 1. The summed E-state index contributed by atoms with van der Waals surface area (Å²) in [6.07, 6.45) is 6.89. The van der Waals surface area contributed by atoms with Gasteiger partial charge in [-0.2, -0.15) is 0 Å². The van der Waals surface area contributed by atoms with Crippen molar-refractivity contribution in [1.29, 1.82) is 0 Å². The molecule has 0 spiro atoms. The zero-order valence-electron chi connectivity index (χ0n) is 12.5. The number of hydrogen-bond donors (Lipinski definition) is 3. The number of pyridine rings is 1. The van der Waals surface area contributed by atoms with Crippen molar-refractivity contribution in [2.75, 3.05) is 6.54 Å². The molecule has 0 unspecified atom stereocenters. The third-order valence-corrected chi connectivity index (χ3v) is 4.47. The molecule has 0 radical (unpaired) electrons. The average molecular weight is 278 g/mol. The Morgan fingerprint density at radius 3 is 2.65 bits per heavy atom. The number of aromatic hydroxyl groups is 1. The molecule has 0 aliphatic heterocycles. The Bertz CT molecular complexity index is 440. The summed E-state index contributed by atoms with van der Waals surface area (Å²) < 4.78 is 0. The van der Waals surface area contributed by atoms with Gasteiger partial charge in [-0.25, -0.2) is 0 Å². The number of nitrogens with one attached hydrogen (secondary N) is 1. The van der Waals surface area contributed by atoms with E-state index in [1.807, 2.05) is 0 Å². The van der Waals surface area contributed by atoms with Crippen LogP contribution in [0.3, 0.4) is 0 Å². The monoisotopic (exact) mass is 278 g/mol. The maximum absolute atomic E-state index is 10.1.